The number of imidazole rings is 1. The molecule has 0 aliphatic carbocycles. The molecule has 0 aliphatic rings. The molecule has 0 radical (unpaired) electrons. The van der Waals surface area contributed by atoms with Crippen LogP contribution in [-0.4, -0.2) is 9.55 Å². The number of hydrogen-bond acceptors (Lipinski definition) is 1. The van der Waals surface area contributed by atoms with E-state index in [0.29, 0.717) is 6.54 Å². The van der Waals surface area contributed by atoms with Gasteiger partial charge < -0.3 is 4.57 Å². The summed E-state index contributed by atoms with van der Waals surface area (Å²) in [5.41, 5.74) is 0. The highest BCUT2D eigenvalue weighted by atomic mass is 15.0. The third kappa shape index (κ3) is 1.84. The predicted molar refractivity (Wildman–Crippen MR) is 45.1 cm³/mol. The summed E-state index contributed by atoms with van der Waals surface area (Å²) in [6.07, 6.45) is 11.0. The van der Waals surface area contributed by atoms with Crippen LogP contribution in [0.15, 0.2) is 12.4 Å². The van der Waals surface area contributed by atoms with Gasteiger partial charge in [-0.05, 0) is 6.42 Å². The zero-order chi connectivity index (χ0) is 8.10. The Morgan fingerprint density at radius 1 is 1.73 bits per heavy atom. The smallest absolute Gasteiger partial charge is 0.109 e. The van der Waals surface area contributed by atoms with Gasteiger partial charge >= 0.3 is 0 Å². The molecule has 0 aliphatic heterocycles. The zero-order valence-electron chi connectivity index (χ0n) is 6.75. The van der Waals surface area contributed by atoms with Gasteiger partial charge in [-0.2, -0.15) is 0 Å². The summed E-state index contributed by atoms with van der Waals surface area (Å²) in [6.45, 7) is 2.77. The molecule has 0 bridgehead atoms. The maximum absolute atomic E-state index is 5.19. The van der Waals surface area contributed by atoms with Crippen LogP contribution in [0.2, 0.25) is 0 Å². The van der Waals surface area contributed by atoms with Crippen LogP contribution in [0.1, 0.15) is 19.2 Å². The predicted octanol–water partition coefficient (Wildman–Crippen LogP) is 1.47. The van der Waals surface area contributed by atoms with Crippen LogP contribution in [0, 0.1) is 12.3 Å². The second kappa shape index (κ2) is 3.82. The van der Waals surface area contributed by atoms with Gasteiger partial charge in [-0.15, -0.1) is 6.42 Å². The van der Waals surface area contributed by atoms with E-state index >= 15 is 0 Å². The van der Waals surface area contributed by atoms with Crippen molar-refractivity contribution in [2.75, 3.05) is 0 Å². The highest BCUT2D eigenvalue weighted by Gasteiger charge is 1.97. The highest BCUT2D eigenvalue weighted by molar-refractivity contribution is 4.97. The molecule has 0 amide bonds. The molecule has 2 nitrogen and oxygen atoms in total. The van der Waals surface area contributed by atoms with E-state index in [2.05, 4.69) is 17.8 Å². The van der Waals surface area contributed by atoms with Crippen LogP contribution in [0.25, 0.3) is 0 Å². The van der Waals surface area contributed by atoms with Gasteiger partial charge in [0.25, 0.3) is 0 Å². The first kappa shape index (κ1) is 7.87. The van der Waals surface area contributed by atoms with Gasteiger partial charge in [-0.3, -0.25) is 0 Å². The van der Waals surface area contributed by atoms with Crippen molar-refractivity contribution in [3.63, 3.8) is 0 Å². The first-order valence-corrected chi connectivity index (χ1v) is 3.82. The fraction of sp³-hybridized carbons (Fsp3) is 0.444. The van der Waals surface area contributed by atoms with Gasteiger partial charge in [-0.25, -0.2) is 4.98 Å². The third-order valence-corrected chi connectivity index (χ3v) is 1.54. The number of aryl methyl sites for hydroxylation is 1. The molecule has 1 rings (SSSR count). The summed E-state index contributed by atoms with van der Waals surface area (Å²) >= 11 is 0. The summed E-state index contributed by atoms with van der Waals surface area (Å²) in [5, 5.41) is 0. The second-order valence-electron chi connectivity index (χ2n) is 2.43. The van der Waals surface area contributed by atoms with Gasteiger partial charge in [0.2, 0.25) is 0 Å². The van der Waals surface area contributed by atoms with E-state index in [-0.39, 0.29) is 0 Å². The summed E-state index contributed by atoms with van der Waals surface area (Å²) in [5.74, 6) is 3.68. The molecule has 0 spiro atoms. The van der Waals surface area contributed by atoms with E-state index in [4.69, 9.17) is 6.42 Å². The average Bonchev–Trinajstić information content (AvgIpc) is 2.39. The highest BCUT2D eigenvalue weighted by Crippen LogP contribution is 1.99. The molecule has 0 saturated heterocycles. The van der Waals surface area contributed by atoms with Crippen LogP contribution >= 0.6 is 0 Å². The first-order valence-electron chi connectivity index (χ1n) is 3.82. The van der Waals surface area contributed by atoms with Gasteiger partial charge in [0.1, 0.15) is 5.82 Å². The topological polar surface area (TPSA) is 17.8 Å². The minimum Gasteiger partial charge on any atom is -0.323 e. The van der Waals surface area contributed by atoms with Crippen LogP contribution < -0.4 is 0 Å². The SMILES string of the molecule is C#CCn1ccnc1CCC. The molecule has 1 heterocycles. The largest absolute Gasteiger partial charge is 0.323 e. The molecule has 1 aromatic heterocycles. The Morgan fingerprint density at radius 3 is 3.18 bits per heavy atom. The van der Waals surface area contributed by atoms with Crippen molar-refractivity contribution in [1.29, 1.82) is 0 Å². The minimum atomic E-state index is 0.634. The number of hydrogen-bond donors (Lipinski definition) is 0. The summed E-state index contributed by atoms with van der Waals surface area (Å²) in [4.78, 5) is 4.19. The summed E-state index contributed by atoms with van der Waals surface area (Å²) in [6, 6.07) is 0. The minimum absolute atomic E-state index is 0.634. The molecule has 2 heteroatoms. The van der Waals surface area contributed by atoms with Crippen molar-refractivity contribution in [3.8, 4) is 12.3 Å². The molecular formula is C9H12N2. The Morgan fingerprint density at radius 2 is 2.55 bits per heavy atom. The van der Waals surface area contributed by atoms with E-state index in [1.807, 2.05) is 10.8 Å². The fourth-order valence-corrected chi connectivity index (χ4v) is 1.03. The van der Waals surface area contributed by atoms with Crippen molar-refractivity contribution in [2.24, 2.45) is 0 Å². The van der Waals surface area contributed by atoms with E-state index in [9.17, 15) is 0 Å². The van der Waals surface area contributed by atoms with Crippen LogP contribution in [0.4, 0.5) is 0 Å². The molecule has 11 heavy (non-hydrogen) atoms. The van der Waals surface area contributed by atoms with E-state index in [1.54, 1.807) is 6.20 Å². The average molecular weight is 148 g/mol. The quantitative estimate of drug-likeness (QED) is 0.593. The molecule has 0 unspecified atom stereocenters. The van der Waals surface area contributed by atoms with Crippen molar-refractivity contribution in [2.45, 2.75) is 26.3 Å². The third-order valence-electron chi connectivity index (χ3n) is 1.54. The van der Waals surface area contributed by atoms with Crippen molar-refractivity contribution in [1.82, 2.24) is 9.55 Å². The van der Waals surface area contributed by atoms with Gasteiger partial charge in [0.05, 0.1) is 6.54 Å². The molecule has 0 fully saturated rings. The van der Waals surface area contributed by atoms with Gasteiger partial charge in [0.15, 0.2) is 0 Å². The normalized spacial score (nSPS) is 9.45. The van der Waals surface area contributed by atoms with Crippen molar-refractivity contribution < 1.29 is 0 Å². The molecule has 0 saturated carbocycles. The Hall–Kier alpha value is -1.23. The molecule has 0 N–H and O–H groups in total. The Bertz CT molecular complexity index is 255. The molecular weight excluding hydrogens is 136 g/mol. The van der Waals surface area contributed by atoms with Crippen molar-refractivity contribution >= 4 is 0 Å². The lowest BCUT2D eigenvalue weighted by molar-refractivity contribution is 0.726. The monoisotopic (exact) mass is 148 g/mol. The summed E-state index contributed by atoms with van der Waals surface area (Å²) < 4.78 is 2.00. The number of rotatable bonds is 3. The van der Waals surface area contributed by atoms with Gasteiger partial charge in [0, 0.05) is 18.8 Å². The molecule has 0 atom stereocenters. The van der Waals surface area contributed by atoms with Crippen LogP contribution in [0.5, 0.6) is 0 Å². The number of aromatic nitrogens is 2. The molecule has 0 aromatic carbocycles. The zero-order valence-corrected chi connectivity index (χ0v) is 6.75. The van der Waals surface area contributed by atoms with Gasteiger partial charge in [-0.1, -0.05) is 12.8 Å². The van der Waals surface area contributed by atoms with E-state index < -0.39 is 0 Å². The summed E-state index contributed by atoms with van der Waals surface area (Å²) in [7, 11) is 0. The lowest BCUT2D eigenvalue weighted by Gasteiger charge is -2.00. The Labute approximate surface area is 67.3 Å². The molecule has 58 valence electrons. The Balaban J connectivity index is 2.71. The maximum Gasteiger partial charge on any atom is 0.109 e. The van der Waals surface area contributed by atoms with Crippen LogP contribution in [0.3, 0.4) is 0 Å². The lowest BCUT2D eigenvalue weighted by atomic mass is 10.3. The number of terminal acetylenes is 1. The number of nitrogens with zero attached hydrogens (tertiary/aromatic N) is 2. The molecule has 1 aromatic rings. The van der Waals surface area contributed by atoms with Crippen molar-refractivity contribution in [3.05, 3.63) is 18.2 Å². The first-order chi connectivity index (χ1) is 5.38. The van der Waals surface area contributed by atoms with E-state index in [1.165, 1.54) is 0 Å². The van der Waals surface area contributed by atoms with Crippen LogP contribution in [-0.2, 0) is 13.0 Å². The second-order valence-corrected chi connectivity index (χ2v) is 2.43. The fourth-order valence-electron chi connectivity index (χ4n) is 1.03. The maximum atomic E-state index is 5.19. The lowest BCUT2D eigenvalue weighted by Crippen LogP contribution is -2.00. The standard InChI is InChI=1S/C9H12N2/c1-3-5-9-10-6-8-11(9)7-4-2/h2,6,8H,3,5,7H2,1H3. The van der Waals surface area contributed by atoms with E-state index in [0.717, 1.165) is 18.7 Å². The Kier molecular flexibility index (Phi) is 2.74.